The van der Waals surface area contributed by atoms with Crippen LogP contribution in [0, 0.1) is 5.92 Å². The summed E-state index contributed by atoms with van der Waals surface area (Å²) < 4.78 is 5.42. The number of aromatic nitrogens is 1. The van der Waals surface area contributed by atoms with E-state index in [0.717, 1.165) is 60.6 Å². The summed E-state index contributed by atoms with van der Waals surface area (Å²) in [6.07, 6.45) is 2.32. The highest BCUT2D eigenvalue weighted by Crippen LogP contribution is 2.20. The molecule has 1 aliphatic heterocycles. The summed E-state index contributed by atoms with van der Waals surface area (Å²) in [6.45, 7) is 7.78. The number of para-hydroxylation sites is 1. The molecule has 0 bridgehead atoms. The fraction of sp³-hybridized carbons (Fsp3) is 0.385. The molecule has 2 amide bonds. The van der Waals surface area contributed by atoms with Gasteiger partial charge < -0.3 is 20.4 Å². The minimum absolute atomic E-state index is 0.143. The molecule has 1 fully saturated rings. The highest BCUT2D eigenvalue weighted by Gasteiger charge is 2.24. The number of fused-ring (bicyclic) bond motifs is 1. The lowest BCUT2D eigenvalue weighted by molar-refractivity contribution is -0.128. The molecule has 0 spiro atoms. The lowest BCUT2D eigenvalue weighted by atomic mass is 10.0. The number of ether oxygens (including phenoxy) is 1. The van der Waals surface area contributed by atoms with E-state index in [4.69, 9.17) is 4.74 Å². The van der Waals surface area contributed by atoms with Crippen LogP contribution in [0.1, 0.15) is 25.0 Å². The Morgan fingerprint density at radius 3 is 2.64 bits per heavy atom. The fourth-order valence-corrected chi connectivity index (χ4v) is 4.06. The minimum atomic E-state index is -0.679. The minimum Gasteiger partial charge on any atom is -0.379 e. The number of aromatic amines is 1. The molecule has 7 nitrogen and oxygen atoms in total. The van der Waals surface area contributed by atoms with E-state index < -0.39 is 6.04 Å². The van der Waals surface area contributed by atoms with Crippen molar-refractivity contribution < 1.29 is 14.3 Å². The molecule has 3 N–H and O–H groups in total. The zero-order valence-electron chi connectivity index (χ0n) is 19.3. The Hall–Kier alpha value is -3.16. The number of anilines is 1. The third kappa shape index (κ3) is 6.00. The van der Waals surface area contributed by atoms with E-state index in [1.54, 1.807) is 0 Å². The van der Waals surface area contributed by atoms with E-state index >= 15 is 0 Å². The lowest BCUT2D eigenvalue weighted by Crippen LogP contribution is -2.46. The smallest absolute Gasteiger partial charge is 0.247 e. The van der Waals surface area contributed by atoms with E-state index in [1.165, 1.54) is 0 Å². The molecule has 2 aromatic carbocycles. The van der Waals surface area contributed by atoms with Crippen molar-refractivity contribution >= 4 is 28.4 Å². The fourth-order valence-electron chi connectivity index (χ4n) is 4.06. The van der Waals surface area contributed by atoms with Crippen molar-refractivity contribution in [1.82, 2.24) is 15.2 Å². The Labute approximate surface area is 194 Å². The van der Waals surface area contributed by atoms with Gasteiger partial charge in [-0.25, -0.2) is 0 Å². The van der Waals surface area contributed by atoms with Crippen LogP contribution < -0.4 is 10.6 Å². The van der Waals surface area contributed by atoms with Gasteiger partial charge in [0.25, 0.3) is 0 Å². The van der Waals surface area contributed by atoms with E-state index in [-0.39, 0.29) is 17.7 Å². The summed E-state index contributed by atoms with van der Waals surface area (Å²) in [6, 6.07) is 15.2. The Morgan fingerprint density at radius 1 is 1.06 bits per heavy atom. The molecule has 7 heteroatoms. The molecule has 1 atom stereocenters. The molecule has 1 aliphatic rings. The van der Waals surface area contributed by atoms with Crippen LogP contribution in [-0.4, -0.2) is 54.0 Å². The highest BCUT2D eigenvalue weighted by molar-refractivity contribution is 5.98. The van der Waals surface area contributed by atoms with Gasteiger partial charge in [-0.15, -0.1) is 0 Å². The Bertz CT molecular complexity index is 1100. The van der Waals surface area contributed by atoms with Crippen LogP contribution in [0.4, 0.5) is 5.69 Å². The second-order valence-electron chi connectivity index (χ2n) is 8.86. The second-order valence-corrected chi connectivity index (χ2v) is 8.86. The average Bonchev–Trinajstić information content (AvgIpc) is 3.22. The second kappa shape index (κ2) is 10.6. The van der Waals surface area contributed by atoms with Crippen molar-refractivity contribution in [2.24, 2.45) is 5.92 Å². The molecule has 33 heavy (non-hydrogen) atoms. The number of amides is 2. The molecule has 174 valence electrons. The topological polar surface area (TPSA) is 86.5 Å². The van der Waals surface area contributed by atoms with Crippen molar-refractivity contribution in [1.29, 1.82) is 0 Å². The Kier molecular flexibility index (Phi) is 7.42. The van der Waals surface area contributed by atoms with Gasteiger partial charge in [0.1, 0.15) is 6.04 Å². The lowest BCUT2D eigenvalue weighted by Gasteiger charge is -2.26. The van der Waals surface area contributed by atoms with E-state index in [2.05, 4.69) is 26.6 Å². The number of rotatable bonds is 8. The summed E-state index contributed by atoms with van der Waals surface area (Å²) in [5.74, 6) is -0.575. The Morgan fingerprint density at radius 2 is 1.85 bits per heavy atom. The predicted octanol–water partition coefficient (Wildman–Crippen LogP) is 3.32. The van der Waals surface area contributed by atoms with Crippen molar-refractivity contribution in [2.45, 2.75) is 32.9 Å². The molecule has 3 aromatic rings. The normalized spacial score (nSPS) is 15.5. The number of H-pyrrole nitrogens is 1. The predicted molar refractivity (Wildman–Crippen MR) is 130 cm³/mol. The zero-order chi connectivity index (χ0) is 23.2. The number of nitrogens with one attached hydrogen (secondary N) is 3. The number of hydrogen-bond acceptors (Lipinski definition) is 4. The van der Waals surface area contributed by atoms with Gasteiger partial charge in [0, 0.05) is 54.8 Å². The third-order valence-electron chi connectivity index (χ3n) is 5.96. The standard InChI is InChI=1S/C26H32N4O3/c1-18(2)25(31)29-24(15-20-16-27-23-9-4-3-8-22(20)23)26(32)28-21-7-5-6-19(14-21)17-30-10-12-33-13-11-30/h3-9,14,16,18,24,27H,10-13,15,17H2,1-2H3,(H,28,32)(H,29,31). The molecule has 2 heterocycles. The average molecular weight is 449 g/mol. The molecule has 0 saturated carbocycles. The maximum atomic E-state index is 13.3. The van der Waals surface area contributed by atoms with Crippen LogP contribution in [0.15, 0.2) is 54.7 Å². The number of nitrogens with zero attached hydrogens (tertiary/aromatic N) is 1. The van der Waals surface area contributed by atoms with Crippen LogP contribution >= 0.6 is 0 Å². The molecular formula is C26H32N4O3. The number of carbonyl (C=O) groups excluding carboxylic acids is 2. The van der Waals surface area contributed by atoms with Crippen molar-refractivity contribution in [3.8, 4) is 0 Å². The van der Waals surface area contributed by atoms with Crippen LogP contribution in [0.5, 0.6) is 0 Å². The summed E-state index contributed by atoms with van der Waals surface area (Å²) in [4.78, 5) is 31.3. The summed E-state index contributed by atoms with van der Waals surface area (Å²) in [5, 5.41) is 7.01. The summed E-state index contributed by atoms with van der Waals surface area (Å²) in [7, 11) is 0. The molecule has 4 rings (SSSR count). The zero-order valence-corrected chi connectivity index (χ0v) is 19.3. The summed E-state index contributed by atoms with van der Waals surface area (Å²) >= 11 is 0. The van der Waals surface area contributed by atoms with Crippen molar-refractivity contribution in [2.75, 3.05) is 31.6 Å². The van der Waals surface area contributed by atoms with Gasteiger partial charge in [-0.1, -0.05) is 44.2 Å². The van der Waals surface area contributed by atoms with Gasteiger partial charge in [-0.2, -0.15) is 0 Å². The van der Waals surface area contributed by atoms with Gasteiger partial charge in [0.2, 0.25) is 11.8 Å². The monoisotopic (exact) mass is 448 g/mol. The number of benzene rings is 2. The number of hydrogen-bond donors (Lipinski definition) is 3. The van der Waals surface area contributed by atoms with Gasteiger partial charge >= 0.3 is 0 Å². The molecule has 1 saturated heterocycles. The SMILES string of the molecule is CC(C)C(=O)NC(Cc1c[nH]c2ccccc12)C(=O)Nc1cccc(CN2CCOCC2)c1. The van der Waals surface area contributed by atoms with Crippen LogP contribution in [0.3, 0.4) is 0 Å². The molecular weight excluding hydrogens is 416 g/mol. The van der Waals surface area contributed by atoms with Crippen LogP contribution in [-0.2, 0) is 27.3 Å². The quantitative estimate of drug-likeness (QED) is 0.493. The maximum absolute atomic E-state index is 13.3. The molecule has 0 aliphatic carbocycles. The first-order chi connectivity index (χ1) is 16.0. The highest BCUT2D eigenvalue weighted by atomic mass is 16.5. The van der Waals surface area contributed by atoms with Crippen molar-refractivity contribution in [3.05, 3.63) is 65.9 Å². The molecule has 0 radical (unpaired) electrons. The van der Waals surface area contributed by atoms with Gasteiger partial charge in [0.05, 0.1) is 13.2 Å². The third-order valence-corrected chi connectivity index (χ3v) is 5.96. The summed E-state index contributed by atoms with van der Waals surface area (Å²) in [5.41, 5.74) is 3.87. The van der Waals surface area contributed by atoms with Gasteiger partial charge in [-0.05, 0) is 29.3 Å². The number of carbonyl (C=O) groups is 2. The van der Waals surface area contributed by atoms with Crippen molar-refractivity contribution in [3.63, 3.8) is 0 Å². The van der Waals surface area contributed by atoms with Crippen LogP contribution in [0.2, 0.25) is 0 Å². The first kappa shape index (κ1) is 23.0. The first-order valence-electron chi connectivity index (χ1n) is 11.5. The van der Waals surface area contributed by atoms with E-state index in [0.29, 0.717) is 6.42 Å². The molecule has 1 aromatic heterocycles. The number of morpholine rings is 1. The first-order valence-corrected chi connectivity index (χ1v) is 11.5. The largest absolute Gasteiger partial charge is 0.379 e. The van der Waals surface area contributed by atoms with E-state index in [1.807, 2.05) is 62.5 Å². The van der Waals surface area contributed by atoms with Crippen LogP contribution in [0.25, 0.3) is 10.9 Å². The van der Waals surface area contributed by atoms with Gasteiger partial charge in [-0.3, -0.25) is 14.5 Å². The maximum Gasteiger partial charge on any atom is 0.247 e. The Balaban J connectivity index is 1.49. The molecule has 1 unspecified atom stereocenters. The van der Waals surface area contributed by atoms with E-state index in [9.17, 15) is 9.59 Å². The van der Waals surface area contributed by atoms with Gasteiger partial charge in [0.15, 0.2) is 0 Å².